The summed E-state index contributed by atoms with van der Waals surface area (Å²) in [7, 11) is 0. The summed E-state index contributed by atoms with van der Waals surface area (Å²) in [5.74, 6) is 0.533. The molecule has 1 aromatic carbocycles. The summed E-state index contributed by atoms with van der Waals surface area (Å²) in [5.41, 5.74) is 4.73. The Hall–Kier alpha value is -2.73. The summed E-state index contributed by atoms with van der Waals surface area (Å²) in [4.78, 5) is 20.8. The molecule has 3 rings (SSSR count). The lowest BCUT2D eigenvalue weighted by molar-refractivity contribution is -0.118. The molecule has 0 fully saturated rings. The standard InChI is InChI=1S/C19H19N3O2S/c1-12-7-8-13(2)18(14(12)3)24-10-17(23)22-19-21-16(11-25-19)15-6-4-5-9-20-15/h4-9,11H,10H2,1-3H3,(H,21,22,23). The maximum Gasteiger partial charge on any atom is 0.264 e. The Morgan fingerprint density at radius 1 is 1.12 bits per heavy atom. The highest BCUT2D eigenvalue weighted by Crippen LogP contribution is 2.26. The van der Waals surface area contributed by atoms with Crippen molar-refractivity contribution in [2.24, 2.45) is 0 Å². The fourth-order valence-electron chi connectivity index (χ4n) is 2.40. The van der Waals surface area contributed by atoms with Gasteiger partial charge in [-0.1, -0.05) is 18.2 Å². The fraction of sp³-hybridized carbons (Fsp3) is 0.211. The average Bonchev–Trinajstić information content (AvgIpc) is 3.07. The van der Waals surface area contributed by atoms with Gasteiger partial charge < -0.3 is 4.74 Å². The number of rotatable bonds is 5. The third-order valence-electron chi connectivity index (χ3n) is 3.90. The summed E-state index contributed by atoms with van der Waals surface area (Å²) in [6.07, 6.45) is 1.72. The number of aryl methyl sites for hydroxylation is 2. The van der Waals surface area contributed by atoms with E-state index in [4.69, 9.17) is 4.74 Å². The summed E-state index contributed by atoms with van der Waals surface area (Å²) in [6, 6.07) is 9.68. The number of anilines is 1. The van der Waals surface area contributed by atoms with Crippen molar-refractivity contribution in [2.75, 3.05) is 11.9 Å². The van der Waals surface area contributed by atoms with Crippen LogP contribution in [0, 0.1) is 20.8 Å². The molecule has 128 valence electrons. The zero-order chi connectivity index (χ0) is 17.8. The molecule has 0 atom stereocenters. The molecule has 0 spiro atoms. The summed E-state index contributed by atoms with van der Waals surface area (Å²) in [6.45, 7) is 5.94. The highest BCUT2D eigenvalue weighted by molar-refractivity contribution is 7.14. The van der Waals surface area contributed by atoms with Crippen molar-refractivity contribution >= 4 is 22.4 Å². The van der Waals surface area contributed by atoms with Crippen molar-refractivity contribution in [2.45, 2.75) is 20.8 Å². The van der Waals surface area contributed by atoms with Gasteiger partial charge in [-0.2, -0.15) is 0 Å². The molecule has 0 aliphatic carbocycles. The van der Waals surface area contributed by atoms with Crippen LogP contribution in [0.5, 0.6) is 5.75 Å². The first kappa shape index (κ1) is 17.1. The first-order valence-corrected chi connectivity index (χ1v) is 8.79. The number of hydrogen-bond acceptors (Lipinski definition) is 5. The quantitative estimate of drug-likeness (QED) is 0.748. The van der Waals surface area contributed by atoms with Gasteiger partial charge >= 0.3 is 0 Å². The van der Waals surface area contributed by atoms with Crippen LogP contribution in [0.3, 0.4) is 0 Å². The molecule has 0 unspecified atom stereocenters. The van der Waals surface area contributed by atoms with Gasteiger partial charge in [0.15, 0.2) is 11.7 Å². The lowest BCUT2D eigenvalue weighted by Gasteiger charge is -2.13. The lowest BCUT2D eigenvalue weighted by atomic mass is 10.1. The number of pyridine rings is 1. The molecule has 2 heterocycles. The second-order valence-corrected chi connectivity index (χ2v) is 6.60. The maximum absolute atomic E-state index is 12.2. The molecule has 25 heavy (non-hydrogen) atoms. The Morgan fingerprint density at radius 2 is 1.92 bits per heavy atom. The highest BCUT2D eigenvalue weighted by Gasteiger charge is 2.12. The zero-order valence-electron chi connectivity index (χ0n) is 14.4. The molecular weight excluding hydrogens is 334 g/mol. The van der Waals surface area contributed by atoms with Crippen molar-refractivity contribution < 1.29 is 9.53 Å². The molecule has 5 nitrogen and oxygen atoms in total. The molecule has 1 N–H and O–H groups in total. The Balaban J connectivity index is 1.62. The van der Waals surface area contributed by atoms with Crippen molar-refractivity contribution in [1.82, 2.24) is 9.97 Å². The molecule has 0 radical (unpaired) electrons. The smallest absolute Gasteiger partial charge is 0.264 e. The van der Waals surface area contributed by atoms with E-state index < -0.39 is 0 Å². The number of hydrogen-bond donors (Lipinski definition) is 1. The molecule has 3 aromatic rings. The van der Waals surface area contributed by atoms with Crippen LogP contribution in [0.15, 0.2) is 41.9 Å². The molecular formula is C19H19N3O2S. The van der Waals surface area contributed by atoms with Crippen molar-refractivity contribution in [3.05, 3.63) is 58.6 Å². The number of nitrogens with one attached hydrogen (secondary N) is 1. The van der Waals surface area contributed by atoms with E-state index in [1.54, 1.807) is 6.20 Å². The maximum atomic E-state index is 12.2. The van der Waals surface area contributed by atoms with Crippen LogP contribution in [-0.2, 0) is 4.79 Å². The lowest BCUT2D eigenvalue weighted by Crippen LogP contribution is -2.20. The molecule has 1 amide bonds. The summed E-state index contributed by atoms with van der Waals surface area (Å²) < 4.78 is 5.73. The normalized spacial score (nSPS) is 10.5. The van der Waals surface area contributed by atoms with E-state index in [-0.39, 0.29) is 12.5 Å². The number of nitrogens with zero attached hydrogens (tertiary/aromatic N) is 2. The number of amides is 1. The summed E-state index contributed by atoms with van der Waals surface area (Å²) >= 11 is 1.36. The Labute approximate surface area is 150 Å². The van der Waals surface area contributed by atoms with Crippen LogP contribution in [-0.4, -0.2) is 22.5 Å². The first-order chi connectivity index (χ1) is 12.0. The van der Waals surface area contributed by atoms with E-state index in [2.05, 4.69) is 15.3 Å². The predicted molar refractivity (Wildman–Crippen MR) is 100 cm³/mol. The Morgan fingerprint density at radius 3 is 2.68 bits per heavy atom. The number of benzene rings is 1. The minimum absolute atomic E-state index is 0.0520. The molecule has 0 bridgehead atoms. The number of ether oxygens (including phenoxy) is 1. The van der Waals surface area contributed by atoms with E-state index >= 15 is 0 Å². The van der Waals surface area contributed by atoms with Gasteiger partial charge in [0.2, 0.25) is 0 Å². The molecule has 0 saturated carbocycles. The Bertz CT molecular complexity index is 891. The van der Waals surface area contributed by atoms with Crippen LogP contribution < -0.4 is 10.1 Å². The van der Waals surface area contributed by atoms with E-state index in [1.165, 1.54) is 11.3 Å². The molecule has 2 aromatic heterocycles. The number of thiazole rings is 1. The second-order valence-electron chi connectivity index (χ2n) is 5.74. The van der Waals surface area contributed by atoms with Crippen molar-refractivity contribution in [3.63, 3.8) is 0 Å². The number of aromatic nitrogens is 2. The van der Waals surface area contributed by atoms with E-state index in [0.29, 0.717) is 5.13 Å². The van der Waals surface area contributed by atoms with Crippen molar-refractivity contribution in [1.29, 1.82) is 0 Å². The molecule has 0 aliphatic rings. The molecule has 0 aliphatic heterocycles. The van der Waals surface area contributed by atoms with Gasteiger partial charge in [0.05, 0.1) is 5.69 Å². The van der Waals surface area contributed by atoms with Crippen LogP contribution in [0.4, 0.5) is 5.13 Å². The van der Waals surface area contributed by atoms with Crippen LogP contribution in [0.25, 0.3) is 11.4 Å². The largest absolute Gasteiger partial charge is 0.483 e. The average molecular weight is 353 g/mol. The second kappa shape index (κ2) is 7.44. The predicted octanol–water partition coefficient (Wildman–Crippen LogP) is 4.15. The van der Waals surface area contributed by atoms with E-state index in [1.807, 2.05) is 56.5 Å². The Kier molecular flexibility index (Phi) is 5.09. The van der Waals surface area contributed by atoms with Gasteiger partial charge in [-0.05, 0) is 49.6 Å². The van der Waals surface area contributed by atoms with Crippen molar-refractivity contribution in [3.8, 4) is 17.1 Å². The minimum atomic E-state index is -0.234. The molecule has 6 heteroatoms. The van der Waals surface area contributed by atoms with E-state index in [0.717, 1.165) is 33.8 Å². The van der Waals surface area contributed by atoms with Gasteiger partial charge in [-0.15, -0.1) is 11.3 Å². The van der Waals surface area contributed by atoms with Gasteiger partial charge in [-0.25, -0.2) is 4.98 Å². The van der Waals surface area contributed by atoms with Crippen LogP contribution >= 0.6 is 11.3 Å². The number of carbonyl (C=O) groups is 1. The zero-order valence-corrected chi connectivity index (χ0v) is 15.2. The van der Waals surface area contributed by atoms with Gasteiger partial charge in [0.25, 0.3) is 5.91 Å². The van der Waals surface area contributed by atoms with Gasteiger partial charge in [-0.3, -0.25) is 15.1 Å². The van der Waals surface area contributed by atoms with Crippen LogP contribution in [0.2, 0.25) is 0 Å². The fourth-order valence-corrected chi connectivity index (χ4v) is 3.12. The first-order valence-electron chi connectivity index (χ1n) is 7.91. The summed E-state index contributed by atoms with van der Waals surface area (Å²) in [5, 5.41) is 5.17. The topological polar surface area (TPSA) is 64.1 Å². The van der Waals surface area contributed by atoms with Gasteiger partial charge in [0, 0.05) is 11.6 Å². The monoisotopic (exact) mass is 353 g/mol. The number of carbonyl (C=O) groups excluding carboxylic acids is 1. The SMILES string of the molecule is Cc1ccc(C)c(OCC(=O)Nc2nc(-c3ccccn3)cs2)c1C. The molecule has 0 saturated heterocycles. The van der Waals surface area contributed by atoms with Gasteiger partial charge in [0.1, 0.15) is 11.4 Å². The van der Waals surface area contributed by atoms with Crippen LogP contribution in [0.1, 0.15) is 16.7 Å². The van der Waals surface area contributed by atoms with E-state index in [9.17, 15) is 4.79 Å². The minimum Gasteiger partial charge on any atom is -0.483 e. The highest BCUT2D eigenvalue weighted by atomic mass is 32.1. The third-order valence-corrected chi connectivity index (χ3v) is 4.66. The third kappa shape index (κ3) is 4.03.